The lowest BCUT2D eigenvalue weighted by molar-refractivity contribution is 0.0744. The van der Waals surface area contributed by atoms with E-state index >= 15 is 0 Å². The van der Waals surface area contributed by atoms with Gasteiger partial charge < -0.3 is 10.1 Å². The van der Waals surface area contributed by atoms with Gasteiger partial charge in [0.25, 0.3) is 0 Å². The van der Waals surface area contributed by atoms with Crippen LogP contribution in [0.25, 0.3) is 0 Å². The van der Waals surface area contributed by atoms with Crippen LogP contribution in [0.2, 0.25) is 0 Å². The van der Waals surface area contributed by atoms with Crippen molar-refractivity contribution in [1.29, 1.82) is 0 Å². The lowest BCUT2D eigenvalue weighted by atomic mass is 9.95. The third-order valence-electron chi connectivity index (χ3n) is 3.33. The summed E-state index contributed by atoms with van der Waals surface area (Å²) < 4.78 is 5.35. The van der Waals surface area contributed by atoms with Gasteiger partial charge in [-0.2, -0.15) is 0 Å². The van der Waals surface area contributed by atoms with E-state index < -0.39 is 0 Å². The average molecular weight is 225 g/mol. The highest BCUT2D eigenvalue weighted by Crippen LogP contribution is 2.19. The van der Waals surface area contributed by atoms with Crippen LogP contribution in [0.5, 0.6) is 0 Å². The average Bonchev–Trinajstić information content (AvgIpc) is 2.36. The van der Waals surface area contributed by atoms with Gasteiger partial charge in [0, 0.05) is 25.3 Å². The molecule has 0 saturated carbocycles. The van der Waals surface area contributed by atoms with Crippen LogP contribution in [0.4, 0.5) is 0 Å². The Balaban J connectivity index is 0.000000606. The second-order valence-corrected chi connectivity index (χ2v) is 4.58. The SMILES string of the molecule is CC.CC1=CCC(NC2CCOCC2)CC1. The molecule has 1 N–H and O–H groups in total. The van der Waals surface area contributed by atoms with E-state index in [-0.39, 0.29) is 0 Å². The van der Waals surface area contributed by atoms with E-state index in [1.54, 1.807) is 5.57 Å². The van der Waals surface area contributed by atoms with Gasteiger partial charge in [0.1, 0.15) is 0 Å². The first-order valence-electron chi connectivity index (χ1n) is 6.84. The maximum atomic E-state index is 5.35. The Labute approximate surface area is 100 Å². The zero-order valence-electron chi connectivity index (χ0n) is 11.1. The van der Waals surface area contributed by atoms with Crippen molar-refractivity contribution in [2.45, 2.75) is 65.0 Å². The smallest absolute Gasteiger partial charge is 0.0480 e. The second kappa shape index (κ2) is 7.86. The topological polar surface area (TPSA) is 21.3 Å². The lowest BCUT2D eigenvalue weighted by Crippen LogP contribution is -2.42. The second-order valence-electron chi connectivity index (χ2n) is 4.58. The predicted octanol–water partition coefficient (Wildman–Crippen LogP) is 3.28. The van der Waals surface area contributed by atoms with Gasteiger partial charge in [-0.3, -0.25) is 0 Å². The third kappa shape index (κ3) is 4.67. The molecule has 0 bridgehead atoms. The molecule has 1 saturated heterocycles. The van der Waals surface area contributed by atoms with Gasteiger partial charge in [-0.25, -0.2) is 0 Å². The number of hydrogen-bond acceptors (Lipinski definition) is 2. The van der Waals surface area contributed by atoms with E-state index in [9.17, 15) is 0 Å². The van der Waals surface area contributed by atoms with Crippen LogP contribution in [0.3, 0.4) is 0 Å². The molecule has 1 heterocycles. The monoisotopic (exact) mass is 225 g/mol. The fraction of sp³-hybridized carbons (Fsp3) is 0.857. The Bertz CT molecular complexity index is 207. The molecule has 1 fully saturated rings. The van der Waals surface area contributed by atoms with Crippen molar-refractivity contribution in [1.82, 2.24) is 5.32 Å². The molecule has 0 spiro atoms. The molecule has 2 nitrogen and oxygen atoms in total. The highest BCUT2D eigenvalue weighted by molar-refractivity contribution is 5.04. The minimum atomic E-state index is 0.709. The molecular formula is C14H27NO. The maximum Gasteiger partial charge on any atom is 0.0480 e. The molecule has 0 amide bonds. The van der Waals surface area contributed by atoms with Gasteiger partial charge in [-0.1, -0.05) is 25.5 Å². The van der Waals surface area contributed by atoms with Crippen LogP contribution < -0.4 is 5.32 Å². The standard InChI is InChI=1S/C12H21NO.C2H6/c1-10-2-4-11(5-3-10)13-12-6-8-14-9-7-12;1-2/h2,11-13H,3-9H2,1H3;1-2H3. The van der Waals surface area contributed by atoms with Crippen molar-refractivity contribution in [3.05, 3.63) is 11.6 Å². The van der Waals surface area contributed by atoms with E-state index in [2.05, 4.69) is 18.3 Å². The summed E-state index contributed by atoms with van der Waals surface area (Å²) in [7, 11) is 0. The van der Waals surface area contributed by atoms with Gasteiger partial charge in [-0.15, -0.1) is 0 Å². The van der Waals surface area contributed by atoms with Crippen LogP contribution >= 0.6 is 0 Å². The van der Waals surface area contributed by atoms with Crippen LogP contribution in [-0.2, 0) is 4.74 Å². The summed E-state index contributed by atoms with van der Waals surface area (Å²) in [5.74, 6) is 0. The minimum Gasteiger partial charge on any atom is -0.381 e. The van der Waals surface area contributed by atoms with E-state index in [1.807, 2.05) is 13.8 Å². The third-order valence-corrected chi connectivity index (χ3v) is 3.33. The number of nitrogens with one attached hydrogen (secondary N) is 1. The van der Waals surface area contributed by atoms with Gasteiger partial charge in [0.05, 0.1) is 0 Å². The van der Waals surface area contributed by atoms with Crippen LogP contribution in [0.1, 0.15) is 52.9 Å². The summed E-state index contributed by atoms with van der Waals surface area (Å²) in [4.78, 5) is 0. The van der Waals surface area contributed by atoms with Crippen LogP contribution in [0, 0.1) is 0 Å². The van der Waals surface area contributed by atoms with Crippen molar-refractivity contribution in [3.8, 4) is 0 Å². The molecule has 0 aromatic rings. The summed E-state index contributed by atoms with van der Waals surface area (Å²) in [5.41, 5.74) is 1.56. The number of rotatable bonds is 2. The molecule has 0 radical (unpaired) electrons. The van der Waals surface area contributed by atoms with Crippen molar-refractivity contribution in [3.63, 3.8) is 0 Å². The molecule has 0 aromatic heterocycles. The Morgan fingerprint density at radius 1 is 1.12 bits per heavy atom. The van der Waals surface area contributed by atoms with Crippen molar-refractivity contribution in [2.75, 3.05) is 13.2 Å². The molecule has 2 rings (SSSR count). The molecule has 1 aliphatic heterocycles. The molecule has 1 atom stereocenters. The zero-order valence-corrected chi connectivity index (χ0v) is 11.1. The molecule has 2 aliphatic rings. The highest BCUT2D eigenvalue weighted by atomic mass is 16.5. The Morgan fingerprint density at radius 3 is 2.38 bits per heavy atom. The number of ether oxygens (including phenoxy) is 1. The van der Waals surface area contributed by atoms with Crippen LogP contribution in [0.15, 0.2) is 11.6 Å². The van der Waals surface area contributed by atoms with Gasteiger partial charge in [0.15, 0.2) is 0 Å². The minimum absolute atomic E-state index is 0.709. The molecule has 16 heavy (non-hydrogen) atoms. The lowest BCUT2D eigenvalue weighted by Gasteiger charge is -2.30. The van der Waals surface area contributed by atoms with Gasteiger partial charge >= 0.3 is 0 Å². The zero-order chi connectivity index (χ0) is 11.8. The first-order chi connectivity index (χ1) is 7.84. The van der Waals surface area contributed by atoms with Crippen molar-refractivity contribution in [2.24, 2.45) is 0 Å². The predicted molar refractivity (Wildman–Crippen MR) is 69.7 cm³/mol. The van der Waals surface area contributed by atoms with E-state index in [0.29, 0.717) is 6.04 Å². The van der Waals surface area contributed by atoms with E-state index in [4.69, 9.17) is 4.74 Å². The normalized spacial score (nSPS) is 26.7. The number of allylic oxidation sites excluding steroid dienone is 1. The summed E-state index contributed by atoms with van der Waals surface area (Å²) in [6.07, 6.45) is 8.60. The van der Waals surface area contributed by atoms with Crippen molar-refractivity contribution >= 4 is 0 Å². The fourth-order valence-corrected chi connectivity index (χ4v) is 2.31. The van der Waals surface area contributed by atoms with Gasteiger partial charge in [0.2, 0.25) is 0 Å². The maximum absolute atomic E-state index is 5.35. The largest absolute Gasteiger partial charge is 0.381 e. The summed E-state index contributed by atoms with van der Waals surface area (Å²) in [6.45, 7) is 8.13. The first-order valence-corrected chi connectivity index (χ1v) is 6.84. The molecule has 2 heteroatoms. The molecule has 94 valence electrons. The van der Waals surface area contributed by atoms with E-state index in [0.717, 1.165) is 19.3 Å². The molecule has 1 unspecified atom stereocenters. The molecule has 1 aliphatic carbocycles. The Morgan fingerprint density at radius 2 is 1.81 bits per heavy atom. The van der Waals surface area contributed by atoms with Gasteiger partial charge in [-0.05, 0) is 39.0 Å². The Hall–Kier alpha value is -0.340. The quantitative estimate of drug-likeness (QED) is 0.728. The van der Waals surface area contributed by atoms with Crippen LogP contribution in [-0.4, -0.2) is 25.3 Å². The summed E-state index contributed by atoms with van der Waals surface area (Å²) >= 11 is 0. The first kappa shape index (κ1) is 13.7. The molecule has 0 aromatic carbocycles. The van der Waals surface area contributed by atoms with Crippen molar-refractivity contribution < 1.29 is 4.74 Å². The fourth-order valence-electron chi connectivity index (χ4n) is 2.31. The van der Waals surface area contributed by atoms with E-state index in [1.165, 1.54) is 32.1 Å². The summed E-state index contributed by atoms with van der Waals surface area (Å²) in [6, 6.07) is 1.43. The number of hydrogen-bond donors (Lipinski definition) is 1. The Kier molecular flexibility index (Phi) is 6.74. The molecular weight excluding hydrogens is 198 g/mol. The highest BCUT2D eigenvalue weighted by Gasteiger charge is 2.19. The summed E-state index contributed by atoms with van der Waals surface area (Å²) in [5, 5.41) is 3.75.